The van der Waals surface area contributed by atoms with Crippen molar-refractivity contribution in [2.24, 2.45) is 0 Å². The van der Waals surface area contributed by atoms with Crippen LogP contribution in [-0.2, 0) is 0 Å². The largest absolute Gasteiger partial charge is 0.326 e. The topological polar surface area (TPSA) is 32.9 Å². The normalized spacial score (nSPS) is 10.8. The molecule has 72 valence electrons. The Morgan fingerprint density at radius 1 is 1.00 bits per heavy atom. The van der Waals surface area contributed by atoms with E-state index in [1.165, 1.54) is 5.56 Å². The van der Waals surface area contributed by atoms with Crippen LogP contribution in [0.3, 0.4) is 0 Å². The first-order valence-electron chi connectivity index (χ1n) is 4.69. The van der Waals surface area contributed by atoms with Gasteiger partial charge < -0.3 is 4.98 Å². The molecule has 0 unspecified atom stereocenters. The lowest BCUT2D eigenvalue weighted by atomic mass is 10.0. The van der Waals surface area contributed by atoms with Gasteiger partial charge in [0.05, 0.1) is 0 Å². The second-order valence-electron chi connectivity index (χ2n) is 3.81. The van der Waals surface area contributed by atoms with Crippen LogP contribution >= 0.6 is 0 Å². The molecule has 14 heavy (non-hydrogen) atoms. The number of pyridine rings is 1. The summed E-state index contributed by atoms with van der Waals surface area (Å²) < 4.78 is 0. The predicted molar refractivity (Wildman–Crippen MR) is 58.8 cm³/mol. The van der Waals surface area contributed by atoms with Crippen LogP contribution < -0.4 is 5.56 Å². The molecule has 0 atom stereocenters. The molecule has 0 amide bonds. The predicted octanol–water partition coefficient (Wildman–Crippen LogP) is 2.45. The Balaban J connectivity index is 2.96. The standard InChI is InChI=1S/C12H13NO/c1-7-4-10-6-9(3)13-12(14)11(10)5-8(7)2/h4-6H,1-3H3,(H,13,14). The van der Waals surface area contributed by atoms with E-state index in [2.05, 4.69) is 18.0 Å². The summed E-state index contributed by atoms with van der Waals surface area (Å²) in [6, 6.07) is 6.01. The van der Waals surface area contributed by atoms with E-state index in [0.717, 1.165) is 22.0 Å². The molecule has 2 aromatic rings. The van der Waals surface area contributed by atoms with Gasteiger partial charge in [-0.25, -0.2) is 0 Å². The summed E-state index contributed by atoms with van der Waals surface area (Å²) in [6.07, 6.45) is 0. The molecule has 0 saturated carbocycles. The van der Waals surface area contributed by atoms with Gasteiger partial charge in [0, 0.05) is 11.1 Å². The van der Waals surface area contributed by atoms with E-state index in [0.29, 0.717) is 0 Å². The second kappa shape index (κ2) is 2.98. The third-order valence-electron chi connectivity index (χ3n) is 2.59. The SMILES string of the molecule is Cc1cc2cc(C)c(C)cc2c(=O)[nH]1. The van der Waals surface area contributed by atoms with Crippen LogP contribution in [0.25, 0.3) is 10.8 Å². The minimum absolute atomic E-state index is 0.00287. The van der Waals surface area contributed by atoms with Crippen molar-refractivity contribution in [2.75, 3.05) is 0 Å². The van der Waals surface area contributed by atoms with Crippen LogP contribution in [-0.4, -0.2) is 4.98 Å². The van der Waals surface area contributed by atoms with Gasteiger partial charge in [0.15, 0.2) is 0 Å². The molecule has 0 aliphatic carbocycles. The highest BCUT2D eigenvalue weighted by Gasteiger charge is 2.01. The molecule has 2 rings (SSSR count). The third kappa shape index (κ3) is 1.33. The number of aryl methyl sites for hydroxylation is 3. The highest BCUT2D eigenvalue weighted by molar-refractivity contribution is 5.83. The highest BCUT2D eigenvalue weighted by Crippen LogP contribution is 2.16. The van der Waals surface area contributed by atoms with Crippen molar-refractivity contribution in [3.63, 3.8) is 0 Å². The van der Waals surface area contributed by atoms with Crippen molar-refractivity contribution < 1.29 is 0 Å². The van der Waals surface area contributed by atoms with Crippen molar-refractivity contribution in [3.8, 4) is 0 Å². The third-order valence-corrected chi connectivity index (χ3v) is 2.59. The van der Waals surface area contributed by atoms with Crippen molar-refractivity contribution >= 4 is 10.8 Å². The quantitative estimate of drug-likeness (QED) is 0.675. The summed E-state index contributed by atoms with van der Waals surface area (Å²) in [5.41, 5.74) is 3.29. The summed E-state index contributed by atoms with van der Waals surface area (Å²) in [6.45, 7) is 5.98. The van der Waals surface area contributed by atoms with E-state index in [-0.39, 0.29) is 5.56 Å². The van der Waals surface area contributed by atoms with Gasteiger partial charge in [-0.05, 0) is 49.4 Å². The molecule has 0 saturated heterocycles. The van der Waals surface area contributed by atoms with E-state index >= 15 is 0 Å². The zero-order valence-corrected chi connectivity index (χ0v) is 8.64. The van der Waals surface area contributed by atoms with E-state index in [1.54, 1.807) is 0 Å². The maximum absolute atomic E-state index is 11.6. The molecule has 1 aromatic carbocycles. The molecule has 0 aliphatic rings. The minimum atomic E-state index is 0.00287. The molecule has 0 fully saturated rings. The lowest BCUT2D eigenvalue weighted by Gasteiger charge is -2.03. The Kier molecular flexibility index (Phi) is 1.92. The zero-order chi connectivity index (χ0) is 10.3. The van der Waals surface area contributed by atoms with Crippen molar-refractivity contribution in [1.82, 2.24) is 4.98 Å². The summed E-state index contributed by atoms with van der Waals surface area (Å²) in [5, 5.41) is 1.80. The molecule has 0 aliphatic heterocycles. The minimum Gasteiger partial charge on any atom is -0.326 e. The first kappa shape index (κ1) is 9.00. The van der Waals surface area contributed by atoms with Gasteiger partial charge in [0.25, 0.3) is 5.56 Å². The fraction of sp³-hybridized carbons (Fsp3) is 0.250. The van der Waals surface area contributed by atoms with Gasteiger partial charge in [-0.1, -0.05) is 6.07 Å². The zero-order valence-electron chi connectivity index (χ0n) is 8.64. The van der Waals surface area contributed by atoms with Crippen LogP contribution in [0, 0.1) is 20.8 Å². The molecule has 0 spiro atoms. The number of aromatic amines is 1. The number of H-pyrrole nitrogens is 1. The van der Waals surface area contributed by atoms with Crippen LogP contribution in [0.1, 0.15) is 16.8 Å². The van der Waals surface area contributed by atoms with Crippen LogP contribution in [0.4, 0.5) is 0 Å². The van der Waals surface area contributed by atoms with Crippen LogP contribution in [0.2, 0.25) is 0 Å². The maximum Gasteiger partial charge on any atom is 0.256 e. The second-order valence-corrected chi connectivity index (χ2v) is 3.81. The first-order chi connectivity index (χ1) is 6.58. The van der Waals surface area contributed by atoms with Gasteiger partial charge in [-0.3, -0.25) is 4.79 Å². The van der Waals surface area contributed by atoms with Gasteiger partial charge >= 0.3 is 0 Å². The number of benzene rings is 1. The Morgan fingerprint density at radius 2 is 1.64 bits per heavy atom. The molecule has 2 heteroatoms. The first-order valence-corrected chi connectivity index (χ1v) is 4.69. The van der Waals surface area contributed by atoms with Crippen molar-refractivity contribution in [1.29, 1.82) is 0 Å². The maximum atomic E-state index is 11.6. The molecular weight excluding hydrogens is 174 g/mol. The Bertz CT molecular complexity index is 552. The summed E-state index contributed by atoms with van der Waals surface area (Å²) in [4.78, 5) is 14.4. The number of nitrogens with one attached hydrogen (secondary N) is 1. The number of hydrogen-bond acceptors (Lipinski definition) is 1. The van der Waals surface area contributed by atoms with E-state index in [9.17, 15) is 4.79 Å². The Morgan fingerprint density at radius 3 is 2.36 bits per heavy atom. The molecule has 0 bridgehead atoms. The lowest BCUT2D eigenvalue weighted by Crippen LogP contribution is -2.07. The van der Waals surface area contributed by atoms with Gasteiger partial charge in [-0.2, -0.15) is 0 Å². The van der Waals surface area contributed by atoms with Crippen molar-refractivity contribution in [3.05, 3.63) is 45.4 Å². The summed E-state index contributed by atoms with van der Waals surface area (Å²) in [7, 11) is 0. The molecule has 1 N–H and O–H groups in total. The molecule has 2 nitrogen and oxygen atoms in total. The van der Waals surface area contributed by atoms with Gasteiger partial charge in [0.2, 0.25) is 0 Å². The number of hydrogen-bond donors (Lipinski definition) is 1. The van der Waals surface area contributed by atoms with Gasteiger partial charge in [-0.15, -0.1) is 0 Å². The number of fused-ring (bicyclic) bond motifs is 1. The molecule has 1 aromatic heterocycles. The monoisotopic (exact) mass is 187 g/mol. The average Bonchev–Trinajstić information content (AvgIpc) is 2.08. The van der Waals surface area contributed by atoms with E-state index in [4.69, 9.17) is 0 Å². The Labute approximate surface area is 82.6 Å². The highest BCUT2D eigenvalue weighted by atomic mass is 16.1. The molecular formula is C12H13NO. The fourth-order valence-electron chi connectivity index (χ4n) is 1.67. The van der Waals surface area contributed by atoms with E-state index in [1.807, 2.05) is 26.0 Å². The average molecular weight is 187 g/mol. The molecule has 0 radical (unpaired) electrons. The van der Waals surface area contributed by atoms with E-state index < -0.39 is 0 Å². The molecule has 1 heterocycles. The van der Waals surface area contributed by atoms with Crippen LogP contribution in [0.5, 0.6) is 0 Å². The number of aromatic nitrogens is 1. The Hall–Kier alpha value is -1.57. The number of rotatable bonds is 0. The van der Waals surface area contributed by atoms with Crippen molar-refractivity contribution in [2.45, 2.75) is 20.8 Å². The fourth-order valence-corrected chi connectivity index (χ4v) is 1.67. The summed E-state index contributed by atoms with van der Waals surface area (Å²) >= 11 is 0. The van der Waals surface area contributed by atoms with Gasteiger partial charge in [0.1, 0.15) is 0 Å². The lowest BCUT2D eigenvalue weighted by molar-refractivity contribution is 1.17. The van der Waals surface area contributed by atoms with Crippen LogP contribution in [0.15, 0.2) is 23.0 Å². The smallest absolute Gasteiger partial charge is 0.256 e. The summed E-state index contributed by atoms with van der Waals surface area (Å²) in [5.74, 6) is 0.